The molecule has 0 aromatic heterocycles. The summed E-state index contributed by atoms with van der Waals surface area (Å²) >= 11 is 0. The van der Waals surface area contributed by atoms with Crippen molar-refractivity contribution in [2.75, 3.05) is 32.7 Å². The summed E-state index contributed by atoms with van der Waals surface area (Å²) in [6.07, 6.45) is 5.11. The molecule has 2 aliphatic heterocycles. The Morgan fingerprint density at radius 1 is 1.11 bits per heavy atom. The van der Waals surface area contributed by atoms with E-state index in [1.807, 2.05) is 30.3 Å². The number of nitrogens with zero attached hydrogens (tertiary/aromatic N) is 1. The minimum Gasteiger partial charge on any atom is -0.459 e. The number of esters is 1. The van der Waals surface area contributed by atoms with Gasteiger partial charge in [0.2, 0.25) is 17.7 Å². The van der Waals surface area contributed by atoms with E-state index in [4.69, 9.17) is 4.74 Å². The number of rotatable bonds is 10. The molecule has 35 heavy (non-hydrogen) atoms. The molecule has 2 atom stereocenters. The summed E-state index contributed by atoms with van der Waals surface area (Å²) in [4.78, 5) is 51.5. The number of ether oxygens (including phenoxy) is 1. The van der Waals surface area contributed by atoms with Crippen LogP contribution in [0.25, 0.3) is 0 Å². The van der Waals surface area contributed by atoms with Crippen LogP contribution < -0.4 is 16.0 Å². The number of nitrogens with one attached hydrogen (secondary N) is 3. The molecular weight excluding hydrogens is 448 g/mol. The second-order valence-electron chi connectivity index (χ2n) is 9.50. The number of amides is 3. The van der Waals surface area contributed by atoms with Crippen molar-refractivity contribution < 1.29 is 23.9 Å². The monoisotopic (exact) mass is 486 g/mol. The van der Waals surface area contributed by atoms with E-state index in [-0.39, 0.29) is 36.8 Å². The summed E-state index contributed by atoms with van der Waals surface area (Å²) in [6.45, 7) is 4.43. The normalized spacial score (nSPS) is 19.5. The van der Waals surface area contributed by atoms with E-state index in [2.05, 4.69) is 16.0 Å². The van der Waals surface area contributed by atoms with Crippen LogP contribution in [-0.2, 0) is 30.5 Å². The molecule has 0 saturated carbocycles. The van der Waals surface area contributed by atoms with Crippen LogP contribution in [0.2, 0.25) is 0 Å². The van der Waals surface area contributed by atoms with Crippen molar-refractivity contribution in [2.24, 2.45) is 11.8 Å². The van der Waals surface area contributed by atoms with E-state index in [1.54, 1.807) is 4.90 Å². The first-order valence-corrected chi connectivity index (χ1v) is 12.7. The fourth-order valence-corrected chi connectivity index (χ4v) is 4.69. The van der Waals surface area contributed by atoms with Gasteiger partial charge in [-0.1, -0.05) is 30.3 Å². The molecule has 9 nitrogen and oxygen atoms in total. The highest BCUT2D eigenvalue weighted by Crippen LogP contribution is 2.21. The van der Waals surface area contributed by atoms with Crippen LogP contribution in [0.15, 0.2) is 30.3 Å². The van der Waals surface area contributed by atoms with Crippen LogP contribution in [0.3, 0.4) is 0 Å². The maximum Gasteiger partial charge on any atom is 0.330 e. The molecule has 2 fully saturated rings. The van der Waals surface area contributed by atoms with Crippen LogP contribution in [0.5, 0.6) is 0 Å². The van der Waals surface area contributed by atoms with E-state index in [0.29, 0.717) is 31.8 Å². The zero-order chi connectivity index (χ0) is 25.0. The number of hydrogen-bond acceptors (Lipinski definition) is 6. The number of piperidine rings is 2. The third kappa shape index (κ3) is 8.98. The maximum atomic E-state index is 12.8. The maximum absolute atomic E-state index is 12.8. The average molecular weight is 487 g/mol. The molecule has 3 rings (SSSR count). The first-order valence-electron chi connectivity index (χ1n) is 12.7. The van der Waals surface area contributed by atoms with Gasteiger partial charge < -0.3 is 25.6 Å². The lowest BCUT2D eigenvalue weighted by atomic mass is 9.92. The second kappa shape index (κ2) is 13.8. The Hall–Kier alpha value is -2.94. The molecule has 192 valence electrons. The van der Waals surface area contributed by atoms with Gasteiger partial charge in [0.15, 0.2) is 0 Å². The molecule has 2 aliphatic rings. The van der Waals surface area contributed by atoms with Crippen molar-refractivity contribution in [3.05, 3.63) is 35.9 Å². The lowest BCUT2D eigenvalue weighted by molar-refractivity contribution is -0.149. The van der Waals surface area contributed by atoms with Crippen LogP contribution >= 0.6 is 0 Å². The zero-order valence-electron chi connectivity index (χ0n) is 20.6. The van der Waals surface area contributed by atoms with Gasteiger partial charge in [0, 0.05) is 33.0 Å². The Bertz CT molecular complexity index is 857. The molecule has 0 radical (unpaired) electrons. The summed E-state index contributed by atoms with van der Waals surface area (Å²) in [6, 6.07) is 8.26. The summed E-state index contributed by atoms with van der Waals surface area (Å²) < 4.78 is 5.33. The predicted octanol–water partition coefficient (Wildman–Crippen LogP) is 1.37. The Morgan fingerprint density at radius 3 is 2.57 bits per heavy atom. The molecule has 2 heterocycles. The minimum atomic E-state index is -0.980. The van der Waals surface area contributed by atoms with Crippen LogP contribution in [0.1, 0.15) is 51.0 Å². The van der Waals surface area contributed by atoms with Gasteiger partial charge in [-0.15, -0.1) is 0 Å². The predicted molar refractivity (Wildman–Crippen MR) is 131 cm³/mol. The summed E-state index contributed by atoms with van der Waals surface area (Å²) in [7, 11) is 0. The van der Waals surface area contributed by atoms with Gasteiger partial charge in [0.1, 0.15) is 12.6 Å². The van der Waals surface area contributed by atoms with E-state index >= 15 is 0 Å². The van der Waals surface area contributed by atoms with Gasteiger partial charge in [-0.25, -0.2) is 4.79 Å². The van der Waals surface area contributed by atoms with E-state index in [9.17, 15) is 19.2 Å². The average Bonchev–Trinajstić information content (AvgIpc) is 2.89. The second-order valence-corrected chi connectivity index (χ2v) is 9.50. The highest BCUT2D eigenvalue weighted by atomic mass is 16.5. The first-order chi connectivity index (χ1) is 16.9. The third-order valence-electron chi connectivity index (χ3n) is 6.74. The van der Waals surface area contributed by atoms with E-state index in [1.165, 1.54) is 6.92 Å². The minimum absolute atomic E-state index is 0.0633. The molecule has 1 aromatic rings. The van der Waals surface area contributed by atoms with Crippen molar-refractivity contribution >= 4 is 23.7 Å². The smallest absolute Gasteiger partial charge is 0.330 e. The topological polar surface area (TPSA) is 117 Å². The zero-order valence-corrected chi connectivity index (χ0v) is 20.6. The Morgan fingerprint density at radius 2 is 1.86 bits per heavy atom. The molecule has 1 unspecified atom stereocenters. The van der Waals surface area contributed by atoms with Crippen molar-refractivity contribution in [3.8, 4) is 0 Å². The largest absolute Gasteiger partial charge is 0.459 e. The Labute approximate surface area is 207 Å². The van der Waals surface area contributed by atoms with E-state index in [0.717, 1.165) is 44.3 Å². The molecule has 2 saturated heterocycles. The summed E-state index contributed by atoms with van der Waals surface area (Å²) in [5.74, 6) is -0.832. The Kier molecular flexibility index (Phi) is 10.5. The van der Waals surface area contributed by atoms with Gasteiger partial charge in [-0.2, -0.15) is 0 Å². The van der Waals surface area contributed by atoms with Crippen molar-refractivity contribution in [3.63, 3.8) is 0 Å². The van der Waals surface area contributed by atoms with Gasteiger partial charge in [0.05, 0.1) is 5.92 Å². The van der Waals surface area contributed by atoms with Crippen LogP contribution in [-0.4, -0.2) is 67.4 Å². The third-order valence-corrected chi connectivity index (χ3v) is 6.74. The van der Waals surface area contributed by atoms with Crippen LogP contribution in [0.4, 0.5) is 0 Å². The molecule has 0 spiro atoms. The summed E-state index contributed by atoms with van der Waals surface area (Å²) in [5.41, 5.74) is 0.832. The Balaban J connectivity index is 1.45. The number of likely N-dealkylation sites (tertiary alicyclic amines) is 1. The quantitative estimate of drug-likeness (QED) is 0.430. The van der Waals surface area contributed by atoms with E-state index < -0.39 is 12.0 Å². The van der Waals surface area contributed by atoms with Gasteiger partial charge in [-0.05, 0) is 56.7 Å². The van der Waals surface area contributed by atoms with Crippen LogP contribution in [0, 0.1) is 11.8 Å². The van der Waals surface area contributed by atoms with Crippen molar-refractivity contribution in [2.45, 2.75) is 58.1 Å². The van der Waals surface area contributed by atoms with Gasteiger partial charge in [-0.3, -0.25) is 14.4 Å². The lowest BCUT2D eigenvalue weighted by Gasteiger charge is -2.33. The van der Waals surface area contributed by atoms with Gasteiger partial charge >= 0.3 is 5.97 Å². The molecule has 9 heteroatoms. The molecule has 0 aliphatic carbocycles. The number of carbonyl (C=O) groups is 4. The van der Waals surface area contributed by atoms with Gasteiger partial charge in [0.25, 0.3) is 0 Å². The molecular formula is C26H38N4O5. The van der Waals surface area contributed by atoms with Crippen molar-refractivity contribution in [1.82, 2.24) is 20.9 Å². The van der Waals surface area contributed by atoms with Crippen molar-refractivity contribution in [1.29, 1.82) is 0 Å². The number of carbonyl (C=O) groups excluding carboxylic acids is 4. The lowest BCUT2D eigenvalue weighted by Crippen LogP contribution is -2.51. The number of hydrogen-bond donors (Lipinski definition) is 3. The fraction of sp³-hybridized carbons (Fsp3) is 0.615. The highest BCUT2D eigenvalue weighted by molar-refractivity contribution is 5.85. The molecule has 0 bridgehead atoms. The molecule has 3 N–H and O–H groups in total. The first kappa shape index (κ1) is 26.7. The standard InChI is InChI=1S/C26H38N4O5/c1-19(31)29-23(26(34)35-18-21-6-3-2-4-7-21)16-28-25(33)22-8-5-15-30(17-22)24(32)10-9-20-11-13-27-14-12-20/h2-4,6-7,20,22-23,27H,5,8-18H2,1H3,(H,28,33)(H,29,31)/t22-,23?/m1/s1. The summed E-state index contributed by atoms with van der Waals surface area (Å²) in [5, 5.41) is 8.68. The highest BCUT2D eigenvalue weighted by Gasteiger charge is 2.30. The number of benzene rings is 1. The molecule has 1 aromatic carbocycles. The fourth-order valence-electron chi connectivity index (χ4n) is 4.69. The molecule has 3 amide bonds. The SMILES string of the molecule is CC(=O)NC(CNC(=O)[C@@H]1CCCN(C(=O)CCC2CCNCC2)C1)C(=O)OCc1ccccc1.